The minimum absolute atomic E-state index is 0.528. The van der Waals surface area contributed by atoms with Gasteiger partial charge in [-0.3, -0.25) is 0 Å². The van der Waals surface area contributed by atoms with Crippen molar-refractivity contribution in [2.75, 3.05) is 45.6 Å². The first-order chi connectivity index (χ1) is 11.9. The predicted molar refractivity (Wildman–Crippen MR) is 112 cm³/mol. The molecule has 1 N–H and O–H groups in total. The number of nitrogens with zero attached hydrogens (tertiary/aromatic N) is 3. The summed E-state index contributed by atoms with van der Waals surface area (Å²) in [5.74, 6) is 0. The lowest BCUT2D eigenvalue weighted by molar-refractivity contribution is 0.125. The molecule has 0 amide bonds. The number of nitrogens with one attached hydrogen (secondary N) is 1. The highest BCUT2D eigenvalue weighted by Crippen LogP contribution is 2.20. The van der Waals surface area contributed by atoms with Crippen LogP contribution in [0.1, 0.15) is 32.3 Å². The number of hydrogen-bond acceptors (Lipinski definition) is 3. The van der Waals surface area contributed by atoms with E-state index in [9.17, 15) is 0 Å². The van der Waals surface area contributed by atoms with Gasteiger partial charge in [0.2, 0.25) is 0 Å². The average molecular weight is 363 g/mol. The molecule has 25 heavy (non-hydrogen) atoms. The van der Waals surface area contributed by atoms with Crippen LogP contribution in [0, 0.1) is 6.92 Å². The molecule has 0 aromatic heterocycles. The highest BCUT2D eigenvalue weighted by atomic mass is 32.1. The molecule has 5 heteroatoms. The molecule has 4 nitrogen and oxygen atoms in total. The van der Waals surface area contributed by atoms with Gasteiger partial charge in [-0.05, 0) is 77.6 Å². The Morgan fingerprint density at radius 1 is 1.24 bits per heavy atom. The van der Waals surface area contributed by atoms with Crippen LogP contribution in [0.25, 0.3) is 0 Å². The summed E-state index contributed by atoms with van der Waals surface area (Å²) >= 11 is 5.80. The molecule has 0 bridgehead atoms. The van der Waals surface area contributed by atoms with E-state index in [0.29, 0.717) is 12.1 Å². The third-order valence-corrected chi connectivity index (χ3v) is 5.33. The van der Waals surface area contributed by atoms with E-state index >= 15 is 0 Å². The molecule has 0 unspecified atom stereocenters. The van der Waals surface area contributed by atoms with Gasteiger partial charge in [0.1, 0.15) is 0 Å². The van der Waals surface area contributed by atoms with Crippen LogP contribution in [0.5, 0.6) is 0 Å². The zero-order valence-electron chi connectivity index (χ0n) is 16.5. The van der Waals surface area contributed by atoms with Crippen LogP contribution in [-0.2, 0) is 0 Å². The van der Waals surface area contributed by atoms with E-state index in [0.717, 1.165) is 37.0 Å². The number of benzene rings is 1. The van der Waals surface area contributed by atoms with Crippen molar-refractivity contribution in [2.24, 2.45) is 0 Å². The number of likely N-dealkylation sites (tertiary alicyclic amines) is 1. The van der Waals surface area contributed by atoms with Crippen LogP contribution in [0.15, 0.2) is 24.3 Å². The van der Waals surface area contributed by atoms with Crippen LogP contribution < -0.4 is 5.32 Å². The van der Waals surface area contributed by atoms with E-state index in [1.54, 1.807) is 0 Å². The van der Waals surface area contributed by atoms with Gasteiger partial charge in [0.25, 0.3) is 0 Å². The molecule has 0 saturated carbocycles. The largest absolute Gasteiger partial charge is 0.345 e. The zero-order chi connectivity index (χ0) is 18.4. The zero-order valence-corrected chi connectivity index (χ0v) is 17.3. The number of aryl methyl sites for hydroxylation is 1. The Balaban J connectivity index is 2.03. The van der Waals surface area contributed by atoms with Gasteiger partial charge in [0.05, 0.1) is 0 Å². The van der Waals surface area contributed by atoms with Gasteiger partial charge in [-0.1, -0.05) is 12.1 Å². The van der Waals surface area contributed by atoms with Crippen molar-refractivity contribution < 1.29 is 0 Å². The minimum Gasteiger partial charge on any atom is -0.345 e. The molecule has 0 radical (unpaired) electrons. The van der Waals surface area contributed by atoms with Crippen LogP contribution in [-0.4, -0.2) is 72.2 Å². The SMILES string of the molecule is Cc1cccc(NC(=S)N(CCN(C)C)C2CCN(C(C)C)CC2)c1. The molecular weight excluding hydrogens is 328 g/mol. The smallest absolute Gasteiger partial charge is 0.173 e. The summed E-state index contributed by atoms with van der Waals surface area (Å²) in [7, 11) is 4.24. The average Bonchev–Trinajstić information content (AvgIpc) is 2.55. The first-order valence-corrected chi connectivity index (χ1v) is 9.80. The standard InChI is InChI=1S/C20H34N4S/c1-16(2)23-11-9-19(10-12-23)24(14-13-22(4)5)20(25)21-18-8-6-7-17(3)15-18/h6-8,15-16,19H,9-14H2,1-5H3,(H,21,25). The van der Waals surface area contributed by atoms with Gasteiger partial charge >= 0.3 is 0 Å². The van der Waals surface area contributed by atoms with E-state index in [4.69, 9.17) is 12.2 Å². The van der Waals surface area contributed by atoms with Crippen LogP contribution in [0.2, 0.25) is 0 Å². The topological polar surface area (TPSA) is 21.8 Å². The molecule has 1 fully saturated rings. The third kappa shape index (κ3) is 6.24. The van der Waals surface area contributed by atoms with Crippen molar-refractivity contribution in [3.05, 3.63) is 29.8 Å². The van der Waals surface area contributed by atoms with Gasteiger partial charge in [0.15, 0.2) is 5.11 Å². The van der Waals surface area contributed by atoms with E-state index in [2.05, 4.69) is 79.1 Å². The number of anilines is 1. The molecule has 0 atom stereocenters. The van der Waals surface area contributed by atoms with Crippen LogP contribution >= 0.6 is 12.2 Å². The van der Waals surface area contributed by atoms with Crippen LogP contribution in [0.4, 0.5) is 5.69 Å². The Kier molecular flexibility index (Phi) is 7.66. The summed E-state index contributed by atoms with van der Waals surface area (Å²) in [5, 5.41) is 4.32. The highest BCUT2D eigenvalue weighted by molar-refractivity contribution is 7.80. The minimum atomic E-state index is 0.528. The second-order valence-electron chi connectivity index (χ2n) is 7.66. The monoisotopic (exact) mass is 362 g/mol. The first-order valence-electron chi connectivity index (χ1n) is 9.40. The van der Waals surface area contributed by atoms with Gasteiger partial charge in [-0.2, -0.15) is 0 Å². The summed E-state index contributed by atoms with van der Waals surface area (Å²) in [6.07, 6.45) is 2.36. The lowest BCUT2D eigenvalue weighted by Gasteiger charge is -2.41. The maximum absolute atomic E-state index is 5.80. The maximum atomic E-state index is 5.80. The predicted octanol–water partition coefficient (Wildman–Crippen LogP) is 3.43. The molecule has 1 aliphatic heterocycles. The number of piperidine rings is 1. The summed E-state index contributed by atoms with van der Waals surface area (Å²) in [4.78, 5) is 7.21. The molecule has 2 rings (SSSR count). The van der Waals surface area contributed by atoms with Gasteiger partial charge in [-0.15, -0.1) is 0 Å². The number of hydrogen-bond donors (Lipinski definition) is 1. The number of likely N-dealkylation sites (N-methyl/N-ethyl adjacent to an activating group) is 1. The molecule has 0 spiro atoms. The molecule has 140 valence electrons. The normalized spacial score (nSPS) is 16.4. The molecular formula is C20H34N4S. The van der Waals surface area contributed by atoms with Crippen molar-refractivity contribution in [3.8, 4) is 0 Å². The lowest BCUT2D eigenvalue weighted by atomic mass is 10.0. The van der Waals surface area contributed by atoms with Gasteiger partial charge < -0.3 is 20.0 Å². The first kappa shape index (κ1) is 20.1. The summed E-state index contributed by atoms with van der Waals surface area (Å²) < 4.78 is 0. The van der Waals surface area contributed by atoms with Crippen LogP contribution in [0.3, 0.4) is 0 Å². The molecule has 1 aromatic rings. The summed E-state index contributed by atoms with van der Waals surface area (Å²) in [5.41, 5.74) is 2.33. The number of thiocarbonyl (C=S) groups is 1. The van der Waals surface area contributed by atoms with Crippen molar-refractivity contribution in [1.82, 2.24) is 14.7 Å². The van der Waals surface area contributed by atoms with E-state index in [1.807, 2.05) is 0 Å². The summed E-state index contributed by atoms with van der Waals surface area (Å²) in [6.45, 7) is 11.0. The highest BCUT2D eigenvalue weighted by Gasteiger charge is 2.27. The van der Waals surface area contributed by atoms with Gasteiger partial charge in [-0.25, -0.2) is 0 Å². The Labute approximate surface area is 159 Å². The Morgan fingerprint density at radius 3 is 2.48 bits per heavy atom. The Morgan fingerprint density at radius 2 is 1.92 bits per heavy atom. The fraction of sp³-hybridized carbons (Fsp3) is 0.650. The summed E-state index contributed by atoms with van der Waals surface area (Å²) in [6, 6.07) is 9.58. The Hall–Kier alpha value is -1.17. The lowest BCUT2D eigenvalue weighted by Crippen LogP contribution is -2.51. The second-order valence-corrected chi connectivity index (χ2v) is 8.04. The van der Waals surface area contributed by atoms with Crippen molar-refractivity contribution in [3.63, 3.8) is 0 Å². The van der Waals surface area contributed by atoms with Crippen molar-refractivity contribution in [1.29, 1.82) is 0 Å². The third-order valence-electron chi connectivity index (χ3n) is 4.99. The molecule has 1 saturated heterocycles. The molecule has 1 aromatic carbocycles. The maximum Gasteiger partial charge on any atom is 0.173 e. The van der Waals surface area contributed by atoms with E-state index in [1.165, 1.54) is 18.4 Å². The van der Waals surface area contributed by atoms with E-state index in [-0.39, 0.29) is 0 Å². The van der Waals surface area contributed by atoms with Crippen molar-refractivity contribution >= 4 is 23.0 Å². The van der Waals surface area contributed by atoms with E-state index < -0.39 is 0 Å². The molecule has 1 heterocycles. The fourth-order valence-electron chi connectivity index (χ4n) is 3.39. The Bertz CT molecular complexity index is 550. The molecule has 1 aliphatic rings. The second kappa shape index (κ2) is 9.51. The number of rotatable bonds is 6. The molecule has 0 aliphatic carbocycles. The quantitative estimate of drug-likeness (QED) is 0.781. The van der Waals surface area contributed by atoms with Gasteiger partial charge in [0, 0.05) is 44.0 Å². The van der Waals surface area contributed by atoms with Crippen molar-refractivity contribution in [2.45, 2.75) is 45.7 Å². The fourth-order valence-corrected chi connectivity index (χ4v) is 3.75.